The van der Waals surface area contributed by atoms with Gasteiger partial charge in [-0.2, -0.15) is 0 Å². The number of likely N-dealkylation sites (tertiary alicyclic amines) is 1. The summed E-state index contributed by atoms with van der Waals surface area (Å²) < 4.78 is 0. The van der Waals surface area contributed by atoms with E-state index in [0.717, 1.165) is 11.3 Å². The maximum absolute atomic E-state index is 11.6. The van der Waals surface area contributed by atoms with Gasteiger partial charge in [-0.15, -0.1) is 0 Å². The molecule has 1 aliphatic rings. The number of rotatable bonds is 4. The average Bonchev–Trinajstić information content (AvgIpc) is 2.88. The van der Waals surface area contributed by atoms with Crippen LogP contribution in [0.5, 0.6) is 0 Å². The number of amides is 1. The normalized spacial score (nSPS) is 19.2. The Labute approximate surface area is 106 Å². The predicted molar refractivity (Wildman–Crippen MR) is 62.2 cm³/mol. The third-order valence-electron chi connectivity index (χ3n) is 2.79. The maximum atomic E-state index is 11.6. The van der Waals surface area contributed by atoms with Gasteiger partial charge in [-0.1, -0.05) is 11.3 Å². The van der Waals surface area contributed by atoms with E-state index in [1.165, 1.54) is 11.0 Å². The molecule has 1 unspecified atom stereocenters. The van der Waals surface area contributed by atoms with E-state index < -0.39 is 16.9 Å². The van der Waals surface area contributed by atoms with Crippen molar-refractivity contribution in [2.24, 2.45) is 0 Å². The number of hydrogen-bond donors (Lipinski definition) is 1. The van der Waals surface area contributed by atoms with Gasteiger partial charge in [-0.25, -0.2) is 4.79 Å². The van der Waals surface area contributed by atoms with Crippen molar-refractivity contribution in [1.29, 1.82) is 0 Å². The molecule has 7 nitrogen and oxygen atoms in total. The maximum Gasteiger partial charge on any atom is 0.326 e. The summed E-state index contributed by atoms with van der Waals surface area (Å²) in [5.74, 6) is -1.26. The number of nitrogens with zero attached hydrogens (tertiary/aromatic N) is 2. The summed E-state index contributed by atoms with van der Waals surface area (Å²) in [7, 11) is 0. The summed E-state index contributed by atoms with van der Waals surface area (Å²) in [6.45, 7) is 0.111. The lowest BCUT2D eigenvalue weighted by Gasteiger charge is -2.20. The van der Waals surface area contributed by atoms with E-state index in [0.29, 0.717) is 12.0 Å². The highest BCUT2D eigenvalue weighted by Gasteiger charge is 2.36. The molecular formula is C10H10N2O5S. The summed E-state index contributed by atoms with van der Waals surface area (Å²) in [4.78, 5) is 33.8. The van der Waals surface area contributed by atoms with Crippen LogP contribution in [0.2, 0.25) is 0 Å². The minimum absolute atomic E-state index is 0.0106. The molecule has 1 N–H and O–H groups in total. The molecule has 1 aromatic heterocycles. The van der Waals surface area contributed by atoms with Gasteiger partial charge >= 0.3 is 11.0 Å². The lowest BCUT2D eigenvalue weighted by molar-refractivity contribution is -0.380. The van der Waals surface area contributed by atoms with Crippen molar-refractivity contribution in [3.63, 3.8) is 0 Å². The van der Waals surface area contributed by atoms with Crippen molar-refractivity contribution in [2.45, 2.75) is 25.4 Å². The molecule has 0 bridgehead atoms. The molecule has 2 heterocycles. The zero-order valence-electron chi connectivity index (χ0n) is 9.24. The molecule has 1 aliphatic heterocycles. The summed E-state index contributed by atoms with van der Waals surface area (Å²) in [6, 6.07) is 0.547. The molecule has 18 heavy (non-hydrogen) atoms. The van der Waals surface area contributed by atoms with Crippen LogP contribution in [0.15, 0.2) is 11.4 Å². The highest BCUT2D eigenvalue weighted by atomic mass is 32.1. The molecule has 96 valence electrons. The molecule has 1 amide bonds. The first kappa shape index (κ1) is 12.5. The summed E-state index contributed by atoms with van der Waals surface area (Å²) in [5, 5.41) is 21.1. The molecule has 0 spiro atoms. The molecule has 2 rings (SSSR count). The minimum Gasteiger partial charge on any atom is -0.480 e. The largest absolute Gasteiger partial charge is 0.480 e. The molecule has 0 aliphatic carbocycles. The molecule has 8 heteroatoms. The van der Waals surface area contributed by atoms with Crippen molar-refractivity contribution < 1.29 is 19.6 Å². The molecular weight excluding hydrogens is 260 g/mol. The van der Waals surface area contributed by atoms with E-state index in [2.05, 4.69) is 0 Å². The first-order chi connectivity index (χ1) is 8.49. The zero-order valence-corrected chi connectivity index (χ0v) is 10.1. The third kappa shape index (κ3) is 2.33. The number of carbonyl (C=O) groups is 2. The SMILES string of the molecule is O=C(O)C1CCC(=O)N1Cc1csc([N+](=O)[O-])c1. The van der Waals surface area contributed by atoms with E-state index in [4.69, 9.17) is 5.11 Å². The first-order valence-electron chi connectivity index (χ1n) is 5.23. The predicted octanol–water partition coefficient (Wildman–Crippen LogP) is 1.23. The molecule has 0 saturated carbocycles. The van der Waals surface area contributed by atoms with Gasteiger partial charge in [0.1, 0.15) is 6.04 Å². The van der Waals surface area contributed by atoms with Crippen LogP contribution in [0.1, 0.15) is 18.4 Å². The van der Waals surface area contributed by atoms with Crippen molar-refractivity contribution >= 4 is 28.2 Å². The van der Waals surface area contributed by atoms with E-state index >= 15 is 0 Å². The van der Waals surface area contributed by atoms with Gasteiger partial charge in [0.25, 0.3) is 0 Å². The molecule has 1 aromatic rings. The van der Waals surface area contributed by atoms with Crippen molar-refractivity contribution in [2.75, 3.05) is 0 Å². The van der Waals surface area contributed by atoms with Gasteiger partial charge in [0.2, 0.25) is 5.91 Å². The zero-order chi connectivity index (χ0) is 13.3. The van der Waals surface area contributed by atoms with Crippen molar-refractivity contribution in [3.05, 3.63) is 27.1 Å². The summed E-state index contributed by atoms with van der Waals surface area (Å²) in [5.41, 5.74) is 0.591. The Bertz CT molecular complexity index is 512. The summed E-state index contributed by atoms with van der Waals surface area (Å²) >= 11 is 0.967. The Morgan fingerprint density at radius 1 is 1.67 bits per heavy atom. The topological polar surface area (TPSA) is 101 Å². The van der Waals surface area contributed by atoms with Gasteiger partial charge in [0.05, 0.1) is 4.92 Å². The monoisotopic (exact) mass is 270 g/mol. The van der Waals surface area contributed by atoms with Gasteiger partial charge in [-0.3, -0.25) is 14.9 Å². The highest BCUT2D eigenvalue weighted by Crippen LogP contribution is 2.27. The van der Waals surface area contributed by atoms with Gasteiger partial charge < -0.3 is 10.0 Å². The summed E-state index contributed by atoms with van der Waals surface area (Å²) in [6.07, 6.45) is 0.504. The third-order valence-corrected chi connectivity index (χ3v) is 3.72. The standard InChI is InChI=1S/C10H10N2O5S/c13-8-2-1-7(10(14)15)11(8)4-6-3-9(12(16)17)18-5-6/h3,5,7H,1-2,4H2,(H,14,15). The second-order valence-corrected chi connectivity index (χ2v) is 4.85. The Balaban J connectivity index is 2.13. The van der Waals surface area contributed by atoms with Crippen LogP contribution in [0.25, 0.3) is 0 Å². The van der Waals surface area contributed by atoms with Crippen molar-refractivity contribution in [1.82, 2.24) is 4.90 Å². The number of nitro groups is 1. The highest BCUT2D eigenvalue weighted by molar-refractivity contribution is 7.13. The molecule has 1 atom stereocenters. The van der Waals surface area contributed by atoms with E-state index in [-0.39, 0.29) is 23.9 Å². The van der Waals surface area contributed by atoms with Crippen molar-refractivity contribution in [3.8, 4) is 0 Å². The van der Waals surface area contributed by atoms with Gasteiger partial charge in [-0.05, 0) is 12.0 Å². The van der Waals surface area contributed by atoms with Crippen LogP contribution in [0.3, 0.4) is 0 Å². The number of hydrogen-bond acceptors (Lipinski definition) is 5. The Hall–Kier alpha value is -1.96. The lowest BCUT2D eigenvalue weighted by Crippen LogP contribution is -2.37. The van der Waals surface area contributed by atoms with Crippen LogP contribution in [-0.4, -0.2) is 32.8 Å². The number of carbonyl (C=O) groups excluding carboxylic acids is 1. The number of carboxylic acids is 1. The molecule has 1 saturated heterocycles. The fraction of sp³-hybridized carbons (Fsp3) is 0.400. The number of thiophene rings is 1. The number of aliphatic carboxylic acids is 1. The Morgan fingerprint density at radius 2 is 2.39 bits per heavy atom. The van der Waals surface area contributed by atoms with E-state index in [1.807, 2.05) is 0 Å². The van der Waals surface area contributed by atoms with Crippen LogP contribution in [0.4, 0.5) is 5.00 Å². The van der Waals surface area contributed by atoms with E-state index in [9.17, 15) is 19.7 Å². The second-order valence-electron chi connectivity index (χ2n) is 3.96. The molecule has 0 radical (unpaired) electrons. The Morgan fingerprint density at radius 3 is 2.94 bits per heavy atom. The van der Waals surface area contributed by atoms with Gasteiger partial charge in [0.15, 0.2) is 0 Å². The van der Waals surface area contributed by atoms with Gasteiger partial charge in [0, 0.05) is 24.4 Å². The fourth-order valence-corrected chi connectivity index (χ4v) is 2.65. The van der Waals surface area contributed by atoms with Crippen LogP contribution < -0.4 is 0 Å². The van der Waals surface area contributed by atoms with E-state index in [1.54, 1.807) is 5.38 Å². The smallest absolute Gasteiger partial charge is 0.326 e. The molecule has 0 aromatic carbocycles. The van der Waals surface area contributed by atoms with Crippen LogP contribution in [-0.2, 0) is 16.1 Å². The quantitative estimate of drug-likeness (QED) is 0.655. The molecule has 1 fully saturated rings. The fourth-order valence-electron chi connectivity index (χ4n) is 1.93. The Kier molecular flexibility index (Phi) is 3.28. The lowest BCUT2D eigenvalue weighted by atomic mass is 10.2. The number of carboxylic acid groups (broad SMARTS) is 1. The van der Waals surface area contributed by atoms with Crippen LogP contribution in [0, 0.1) is 10.1 Å². The average molecular weight is 270 g/mol. The first-order valence-corrected chi connectivity index (χ1v) is 6.11. The van der Waals surface area contributed by atoms with Crippen LogP contribution >= 0.6 is 11.3 Å². The second kappa shape index (κ2) is 4.73. The minimum atomic E-state index is -1.04.